The average molecular weight is 391 g/mol. The maximum absolute atomic E-state index is 14.1. The average Bonchev–Trinajstić information content (AvgIpc) is 3.27. The van der Waals surface area contributed by atoms with Crippen LogP contribution in [0.5, 0.6) is 0 Å². The quantitative estimate of drug-likeness (QED) is 0.726. The predicted molar refractivity (Wildman–Crippen MR) is 109 cm³/mol. The summed E-state index contributed by atoms with van der Waals surface area (Å²) in [5, 5.41) is 3.39. The van der Waals surface area contributed by atoms with Crippen molar-refractivity contribution in [2.45, 2.75) is 25.3 Å². The van der Waals surface area contributed by atoms with Crippen LogP contribution in [0.2, 0.25) is 0 Å². The summed E-state index contributed by atoms with van der Waals surface area (Å²) in [5.41, 5.74) is 1.50. The standard InChI is InChI=1S/C23H22FN3O2/c24-18-14-17-9-6-10-25-21(17)19(15-18)22(28)26-20(13-16-7-2-1-3-8-16)23(29)27-11-4-5-12-27/h1-3,6-10,14-15,20H,4-5,11-13H2,(H,26,28). The van der Waals surface area contributed by atoms with Gasteiger partial charge in [0.25, 0.3) is 5.91 Å². The van der Waals surface area contributed by atoms with Crippen LogP contribution in [0.1, 0.15) is 28.8 Å². The van der Waals surface area contributed by atoms with Crippen LogP contribution in [0.15, 0.2) is 60.8 Å². The van der Waals surface area contributed by atoms with Gasteiger partial charge < -0.3 is 10.2 Å². The molecule has 6 heteroatoms. The maximum atomic E-state index is 14.1. The van der Waals surface area contributed by atoms with Gasteiger partial charge in [-0.3, -0.25) is 14.6 Å². The Bertz CT molecular complexity index is 1030. The van der Waals surface area contributed by atoms with Gasteiger partial charge in [0.2, 0.25) is 5.91 Å². The molecule has 1 aliphatic rings. The second-order valence-corrected chi connectivity index (χ2v) is 7.28. The zero-order valence-corrected chi connectivity index (χ0v) is 16.0. The SMILES string of the molecule is O=C(NC(Cc1ccccc1)C(=O)N1CCCC1)c1cc(F)cc2cccnc12. The van der Waals surface area contributed by atoms with Crippen LogP contribution in [0.4, 0.5) is 4.39 Å². The lowest BCUT2D eigenvalue weighted by Crippen LogP contribution is -2.49. The van der Waals surface area contributed by atoms with Gasteiger partial charge in [-0.05, 0) is 36.6 Å². The Morgan fingerprint density at radius 1 is 1.07 bits per heavy atom. The molecule has 2 aromatic carbocycles. The summed E-state index contributed by atoms with van der Waals surface area (Å²) in [5.74, 6) is -1.11. The number of likely N-dealkylation sites (tertiary alicyclic amines) is 1. The highest BCUT2D eigenvalue weighted by Gasteiger charge is 2.29. The Labute approximate surface area is 168 Å². The van der Waals surface area contributed by atoms with Crippen molar-refractivity contribution in [2.24, 2.45) is 0 Å². The summed E-state index contributed by atoms with van der Waals surface area (Å²) in [7, 11) is 0. The summed E-state index contributed by atoms with van der Waals surface area (Å²) in [6, 6.07) is 14.8. The molecule has 4 rings (SSSR count). The lowest BCUT2D eigenvalue weighted by Gasteiger charge is -2.24. The number of pyridine rings is 1. The molecule has 148 valence electrons. The Morgan fingerprint density at radius 3 is 2.59 bits per heavy atom. The first kappa shape index (κ1) is 19.1. The molecular weight excluding hydrogens is 369 g/mol. The van der Waals surface area contributed by atoms with Gasteiger partial charge in [-0.15, -0.1) is 0 Å². The summed E-state index contributed by atoms with van der Waals surface area (Å²) >= 11 is 0. The fourth-order valence-corrected chi connectivity index (χ4v) is 3.77. The van der Waals surface area contributed by atoms with Gasteiger partial charge in [0.1, 0.15) is 11.9 Å². The van der Waals surface area contributed by atoms with Crippen molar-refractivity contribution < 1.29 is 14.0 Å². The highest BCUT2D eigenvalue weighted by molar-refractivity contribution is 6.06. The Hall–Kier alpha value is -3.28. The molecule has 29 heavy (non-hydrogen) atoms. The van der Waals surface area contributed by atoms with E-state index in [1.807, 2.05) is 30.3 Å². The lowest BCUT2D eigenvalue weighted by molar-refractivity contribution is -0.132. The zero-order valence-electron chi connectivity index (χ0n) is 16.0. The van der Waals surface area contributed by atoms with Crippen molar-refractivity contribution in [1.29, 1.82) is 0 Å². The summed E-state index contributed by atoms with van der Waals surface area (Å²) in [6.45, 7) is 1.40. The van der Waals surface area contributed by atoms with Crippen LogP contribution in [0, 0.1) is 5.82 Å². The summed E-state index contributed by atoms with van der Waals surface area (Å²) < 4.78 is 14.1. The van der Waals surface area contributed by atoms with E-state index in [0.29, 0.717) is 30.4 Å². The van der Waals surface area contributed by atoms with E-state index in [9.17, 15) is 14.0 Å². The number of aromatic nitrogens is 1. The fraction of sp³-hybridized carbons (Fsp3) is 0.261. The third kappa shape index (κ3) is 4.26. The Balaban J connectivity index is 1.63. The first-order valence-corrected chi connectivity index (χ1v) is 9.79. The third-order valence-corrected chi connectivity index (χ3v) is 5.22. The van der Waals surface area contributed by atoms with E-state index in [1.165, 1.54) is 12.1 Å². The molecule has 0 radical (unpaired) electrons. The lowest BCUT2D eigenvalue weighted by atomic mass is 10.0. The molecule has 1 unspecified atom stereocenters. The van der Waals surface area contributed by atoms with E-state index in [1.54, 1.807) is 23.2 Å². The van der Waals surface area contributed by atoms with E-state index < -0.39 is 17.8 Å². The van der Waals surface area contributed by atoms with Crippen molar-refractivity contribution >= 4 is 22.7 Å². The fourth-order valence-electron chi connectivity index (χ4n) is 3.77. The number of hydrogen-bond acceptors (Lipinski definition) is 3. The molecule has 1 saturated heterocycles. The summed E-state index contributed by atoms with van der Waals surface area (Å²) in [4.78, 5) is 32.1. The number of hydrogen-bond donors (Lipinski definition) is 1. The van der Waals surface area contributed by atoms with Crippen molar-refractivity contribution in [3.8, 4) is 0 Å². The predicted octanol–water partition coefficient (Wildman–Crippen LogP) is 3.34. The highest BCUT2D eigenvalue weighted by atomic mass is 19.1. The number of nitrogens with one attached hydrogen (secondary N) is 1. The van der Waals surface area contributed by atoms with E-state index in [4.69, 9.17) is 0 Å². The van der Waals surface area contributed by atoms with Gasteiger partial charge in [0, 0.05) is 31.1 Å². The normalized spacial score (nSPS) is 14.7. The second kappa shape index (κ2) is 8.39. The van der Waals surface area contributed by atoms with Crippen LogP contribution in [0.25, 0.3) is 10.9 Å². The van der Waals surface area contributed by atoms with Gasteiger partial charge in [0.05, 0.1) is 11.1 Å². The molecule has 0 bridgehead atoms. The topological polar surface area (TPSA) is 62.3 Å². The van der Waals surface area contributed by atoms with Crippen molar-refractivity contribution in [1.82, 2.24) is 15.2 Å². The number of carbonyl (C=O) groups excluding carboxylic acids is 2. The number of carbonyl (C=O) groups is 2. The van der Waals surface area contributed by atoms with Crippen LogP contribution in [-0.2, 0) is 11.2 Å². The molecule has 1 fully saturated rings. The first-order valence-electron chi connectivity index (χ1n) is 9.79. The van der Waals surface area contributed by atoms with Crippen LogP contribution < -0.4 is 5.32 Å². The van der Waals surface area contributed by atoms with E-state index in [-0.39, 0.29) is 11.5 Å². The first-order chi connectivity index (χ1) is 14.1. The maximum Gasteiger partial charge on any atom is 0.254 e. The van der Waals surface area contributed by atoms with E-state index >= 15 is 0 Å². The number of benzene rings is 2. The number of halogens is 1. The monoisotopic (exact) mass is 391 g/mol. The van der Waals surface area contributed by atoms with Crippen molar-refractivity contribution in [3.05, 3.63) is 77.7 Å². The molecule has 2 amide bonds. The molecule has 1 aromatic heterocycles. The molecule has 1 aliphatic heterocycles. The van der Waals surface area contributed by atoms with Crippen LogP contribution >= 0.6 is 0 Å². The van der Waals surface area contributed by atoms with Crippen molar-refractivity contribution in [3.63, 3.8) is 0 Å². The molecule has 0 aliphatic carbocycles. The highest BCUT2D eigenvalue weighted by Crippen LogP contribution is 2.19. The molecule has 3 aromatic rings. The molecule has 1 atom stereocenters. The van der Waals surface area contributed by atoms with Gasteiger partial charge in [0.15, 0.2) is 0 Å². The third-order valence-electron chi connectivity index (χ3n) is 5.22. The van der Waals surface area contributed by atoms with E-state index in [0.717, 1.165) is 18.4 Å². The molecule has 1 N–H and O–H groups in total. The number of rotatable bonds is 5. The minimum Gasteiger partial charge on any atom is -0.341 e. The summed E-state index contributed by atoms with van der Waals surface area (Å²) in [6.07, 6.45) is 3.88. The second-order valence-electron chi connectivity index (χ2n) is 7.28. The molecule has 0 saturated carbocycles. The largest absolute Gasteiger partial charge is 0.341 e. The van der Waals surface area contributed by atoms with Gasteiger partial charge >= 0.3 is 0 Å². The van der Waals surface area contributed by atoms with Gasteiger partial charge in [-0.2, -0.15) is 0 Å². The smallest absolute Gasteiger partial charge is 0.254 e. The Morgan fingerprint density at radius 2 is 1.83 bits per heavy atom. The van der Waals surface area contributed by atoms with Crippen LogP contribution in [-0.4, -0.2) is 40.8 Å². The zero-order chi connectivity index (χ0) is 20.2. The van der Waals surface area contributed by atoms with Crippen molar-refractivity contribution in [2.75, 3.05) is 13.1 Å². The van der Waals surface area contributed by atoms with E-state index in [2.05, 4.69) is 10.3 Å². The Kier molecular flexibility index (Phi) is 5.51. The number of amides is 2. The van der Waals surface area contributed by atoms with Gasteiger partial charge in [-0.25, -0.2) is 4.39 Å². The number of nitrogens with zero attached hydrogens (tertiary/aromatic N) is 2. The van der Waals surface area contributed by atoms with Gasteiger partial charge in [-0.1, -0.05) is 36.4 Å². The molecule has 0 spiro atoms. The van der Waals surface area contributed by atoms with Crippen LogP contribution in [0.3, 0.4) is 0 Å². The number of fused-ring (bicyclic) bond motifs is 1. The molecule has 5 nitrogen and oxygen atoms in total. The minimum atomic E-state index is -0.718. The minimum absolute atomic E-state index is 0.103. The molecular formula is C23H22FN3O2. The molecule has 2 heterocycles.